The Kier molecular flexibility index (Phi) is 3.15. The average molecular weight is 271 g/mol. The van der Waals surface area contributed by atoms with Gasteiger partial charge < -0.3 is 5.73 Å². The van der Waals surface area contributed by atoms with Gasteiger partial charge in [-0.3, -0.25) is 9.36 Å². The lowest BCUT2D eigenvalue weighted by Crippen LogP contribution is -2.26. The van der Waals surface area contributed by atoms with E-state index in [0.29, 0.717) is 11.9 Å². The monoisotopic (exact) mass is 271 g/mol. The maximum atomic E-state index is 12.2. The summed E-state index contributed by atoms with van der Waals surface area (Å²) in [7, 11) is 0. The molecule has 0 aliphatic rings. The highest BCUT2D eigenvalue weighted by molar-refractivity contribution is 7.16. The number of nitrogens with two attached hydrogens (primary N) is 1. The third kappa shape index (κ3) is 2.30. The van der Waals surface area contributed by atoms with E-state index in [4.69, 9.17) is 5.73 Å². The van der Waals surface area contributed by atoms with Gasteiger partial charge in [-0.2, -0.15) is 0 Å². The molecule has 0 spiro atoms. The molecule has 0 aliphatic carbocycles. The van der Waals surface area contributed by atoms with E-state index in [1.807, 2.05) is 35.7 Å². The molecule has 0 radical (unpaired) electrons. The van der Waals surface area contributed by atoms with Crippen molar-refractivity contribution in [3.63, 3.8) is 0 Å². The van der Waals surface area contributed by atoms with Crippen LogP contribution >= 0.6 is 11.3 Å². The molecule has 0 bridgehead atoms. The molecule has 0 fully saturated rings. The lowest BCUT2D eigenvalue weighted by Gasteiger charge is -2.13. The van der Waals surface area contributed by atoms with Crippen molar-refractivity contribution in [3.05, 3.63) is 64.0 Å². The molecule has 1 unspecified atom stereocenters. The predicted molar refractivity (Wildman–Crippen MR) is 77.3 cm³/mol. The molecule has 1 atom stereocenters. The molecule has 0 aliphatic heterocycles. The maximum absolute atomic E-state index is 12.2. The molecular formula is C14H13N3OS. The highest BCUT2D eigenvalue weighted by Gasteiger charge is 2.10. The Hall–Kier alpha value is -1.98. The molecule has 2 N–H and O–H groups in total. The third-order valence-electron chi connectivity index (χ3n) is 3.07. The van der Waals surface area contributed by atoms with E-state index < -0.39 is 0 Å². The van der Waals surface area contributed by atoms with Crippen LogP contribution < -0.4 is 11.3 Å². The van der Waals surface area contributed by atoms with E-state index >= 15 is 0 Å². The van der Waals surface area contributed by atoms with E-state index in [1.165, 1.54) is 11.3 Å². The fraction of sp³-hybridized carbons (Fsp3) is 0.143. The van der Waals surface area contributed by atoms with Gasteiger partial charge in [0, 0.05) is 12.6 Å². The topological polar surface area (TPSA) is 60.9 Å². The van der Waals surface area contributed by atoms with Gasteiger partial charge in [0.15, 0.2) is 0 Å². The molecule has 0 saturated carbocycles. The Bertz CT molecular complexity index is 748. The summed E-state index contributed by atoms with van der Waals surface area (Å²) in [6.07, 6.45) is 1.57. The van der Waals surface area contributed by atoms with Crippen LogP contribution in [0.25, 0.3) is 10.2 Å². The van der Waals surface area contributed by atoms with Crippen molar-refractivity contribution in [2.75, 3.05) is 0 Å². The number of aromatic nitrogens is 2. The molecule has 1 aromatic carbocycles. The van der Waals surface area contributed by atoms with Crippen LogP contribution in [0.15, 0.2) is 52.9 Å². The number of rotatable bonds is 3. The van der Waals surface area contributed by atoms with Gasteiger partial charge >= 0.3 is 0 Å². The van der Waals surface area contributed by atoms with Gasteiger partial charge in [0.2, 0.25) is 0 Å². The molecule has 4 nitrogen and oxygen atoms in total. The largest absolute Gasteiger partial charge is 0.322 e. The Balaban J connectivity index is 1.93. The normalized spacial score (nSPS) is 12.7. The quantitative estimate of drug-likeness (QED) is 0.794. The summed E-state index contributed by atoms with van der Waals surface area (Å²) in [6.45, 7) is 0.432. The van der Waals surface area contributed by atoms with Crippen LogP contribution in [0.1, 0.15) is 11.6 Å². The lowest BCUT2D eigenvalue weighted by atomic mass is 10.1. The summed E-state index contributed by atoms with van der Waals surface area (Å²) in [6, 6.07) is 11.4. The molecule has 3 aromatic rings. The van der Waals surface area contributed by atoms with Crippen molar-refractivity contribution < 1.29 is 0 Å². The number of benzene rings is 1. The number of hydrogen-bond donors (Lipinski definition) is 1. The first-order chi connectivity index (χ1) is 9.25. The molecule has 0 amide bonds. The first-order valence-electron chi connectivity index (χ1n) is 5.99. The maximum Gasteiger partial charge on any atom is 0.262 e. The minimum absolute atomic E-state index is 0.0300. The summed E-state index contributed by atoms with van der Waals surface area (Å²) in [5, 5.41) is 2.54. The molecule has 2 heterocycles. The van der Waals surface area contributed by atoms with Crippen LogP contribution in [-0.2, 0) is 6.54 Å². The molecule has 96 valence electrons. The van der Waals surface area contributed by atoms with Crippen LogP contribution in [0.4, 0.5) is 0 Å². The van der Waals surface area contributed by atoms with Crippen LogP contribution in [-0.4, -0.2) is 9.55 Å². The minimum Gasteiger partial charge on any atom is -0.322 e. The fourth-order valence-electron chi connectivity index (χ4n) is 2.04. The fourth-order valence-corrected chi connectivity index (χ4v) is 2.76. The second kappa shape index (κ2) is 4.95. The van der Waals surface area contributed by atoms with Crippen LogP contribution in [0.5, 0.6) is 0 Å². The van der Waals surface area contributed by atoms with Crippen molar-refractivity contribution in [3.8, 4) is 0 Å². The van der Waals surface area contributed by atoms with Crippen LogP contribution in [0.2, 0.25) is 0 Å². The van der Waals surface area contributed by atoms with Crippen LogP contribution in [0.3, 0.4) is 0 Å². The van der Waals surface area contributed by atoms with Gasteiger partial charge in [-0.1, -0.05) is 30.3 Å². The smallest absolute Gasteiger partial charge is 0.262 e. The number of hydrogen-bond acceptors (Lipinski definition) is 4. The van der Waals surface area contributed by atoms with Crippen molar-refractivity contribution in [1.29, 1.82) is 0 Å². The summed E-state index contributed by atoms with van der Waals surface area (Å²) in [5.41, 5.74) is 7.11. The van der Waals surface area contributed by atoms with E-state index in [1.54, 1.807) is 17.0 Å². The Labute approximate surface area is 114 Å². The second-order valence-electron chi connectivity index (χ2n) is 4.36. The standard InChI is InChI=1S/C14H13N3OS/c15-12(10-4-2-1-3-5-10)8-17-9-16-13-11(14(17)18)6-7-19-13/h1-7,9,12H,8,15H2. The molecular weight excluding hydrogens is 258 g/mol. The summed E-state index contributed by atoms with van der Waals surface area (Å²) < 4.78 is 1.58. The van der Waals surface area contributed by atoms with Crippen molar-refractivity contribution in [2.45, 2.75) is 12.6 Å². The number of fused-ring (bicyclic) bond motifs is 1. The Morgan fingerprint density at radius 1 is 1.26 bits per heavy atom. The number of thiophene rings is 1. The van der Waals surface area contributed by atoms with Crippen molar-refractivity contribution in [1.82, 2.24) is 9.55 Å². The minimum atomic E-state index is -0.211. The van der Waals surface area contributed by atoms with Crippen molar-refractivity contribution in [2.24, 2.45) is 5.73 Å². The van der Waals surface area contributed by atoms with Gasteiger partial charge in [-0.05, 0) is 17.0 Å². The lowest BCUT2D eigenvalue weighted by molar-refractivity contribution is 0.558. The zero-order valence-corrected chi connectivity index (χ0v) is 11.0. The van der Waals surface area contributed by atoms with E-state index in [9.17, 15) is 4.79 Å². The van der Waals surface area contributed by atoms with Gasteiger partial charge in [0.1, 0.15) is 4.83 Å². The Morgan fingerprint density at radius 3 is 2.84 bits per heavy atom. The summed E-state index contributed by atoms with van der Waals surface area (Å²) >= 11 is 1.47. The zero-order valence-electron chi connectivity index (χ0n) is 10.2. The highest BCUT2D eigenvalue weighted by Crippen LogP contribution is 2.15. The first-order valence-corrected chi connectivity index (χ1v) is 6.87. The molecule has 5 heteroatoms. The van der Waals surface area contributed by atoms with Crippen molar-refractivity contribution >= 4 is 21.6 Å². The SMILES string of the molecule is NC(Cn1cnc2sccc2c1=O)c1ccccc1. The van der Waals surface area contributed by atoms with E-state index in [-0.39, 0.29) is 11.6 Å². The van der Waals surface area contributed by atoms with Gasteiger partial charge in [-0.25, -0.2) is 4.98 Å². The Morgan fingerprint density at radius 2 is 2.05 bits per heavy atom. The predicted octanol–water partition coefficient (Wildman–Crippen LogP) is 2.16. The average Bonchev–Trinajstić information content (AvgIpc) is 2.92. The highest BCUT2D eigenvalue weighted by atomic mass is 32.1. The molecule has 0 saturated heterocycles. The van der Waals surface area contributed by atoms with Gasteiger partial charge in [0.05, 0.1) is 11.7 Å². The molecule has 19 heavy (non-hydrogen) atoms. The number of nitrogens with zero attached hydrogens (tertiary/aromatic N) is 2. The summed E-state index contributed by atoms with van der Waals surface area (Å²) in [4.78, 5) is 17.3. The van der Waals surface area contributed by atoms with Crippen LogP contribution in [0, 0.1) is 0 Å². The van der Waals surface area contributed by atoms with Gasteiger partial charge in [0.25, 0.3) is 5.56 Å². The summed E-state index contributed by atoms with van der Waals surface area (Å²) in [5.74, 6) is 0. The first kappa shape index (κ1) is 12.1. The molecule has 2 aromatic heterocycles. The third-order valence-corrected chi connectivity index (χ3v) is 3.89. The second-order valence-corrected chi connectivity index (χ2v) is 5.25. The van der Waals surface area contributed by atoms with E-state index in [0.717, 1.165) is 10.4 Å². The molecule has 3 rings (SSSR count). The van der Waals surface area contributed by atoms with E-state index in [2.05, 4.69) is 4.98 Å². The van der Waals surface area contributed by atoms with Gasteiger partial charge in [-0.15, -0.1) is 11.3 Å². The zero-order chi connectivity index (χ0) is 13.2.